The van der Waals surface area contributed by atoms with Gasteiger partial charge >= 0.3 is 5.97 Å². The molecule has 0 aliphatic rings. The van der Waals surface area contributed by atoms with Crippen LogP contribution >= 0.6 is 7.92 Å². The molecular weight excluding hydrogens is 279 g/mol. The maximum atomic E-state index is 12.0. The Kier molecular flexibility index (Phi) is 5.14. The Bertz CT molecular complexity index is 543. The number of hydrogen-bond donors (Lipinski definition) is 1. The standard InChI is InChI=1S/C18H21O2P/c1-3-14-18(2,17(19)20)21(15-10-6-4-7-11-15)16-12-8-5-9-13-16/h4-13H,3,14H2,1-2H3,(H,19,20). The van der Waals surface area contributed by atoms with Crippen LogP contribution in [0.5, 0.6) is 0 Å². The van der Waals surface area contributed by atoms with E-state index < -0.39 is 19.0 Å². The quantitative estimate of drug-likeness (QED) is 0.825. The van der Waals surface area contributed by atoms with E-state index in [1.807, 2.05) is 50.2 Å². The first-order valence-electron chi connectivity index (χ1n) is 7.23. The van der Waals surface area contributed by atoms with Crippen molar-refractivity contribution in [3.63, 3.8) is 0 Å². The van der Waals surface area contributed by atoms with Crippen LogP contribution in [0.25, 0.3) is 0 Å². The average Bonchev–Trinajstić information content (AvgIpc) is 2.50. The first kappa shape index (κ1) is 15.7. The van der Waals surface area contributed by atoms with Gasteiger partial charge in [-0.2, -0.15) is 0 Å². The highest BCUT2D eigenvalue weighted by molar-refractivity contribution is 7.75. The molecule has 2 aromatic rings. The summed E-state index contributed by atoms with van der Waals surface area (Å²) < 4.78 is 0. The molecule has 21 heavy (non-hydrogen) atoms. The second-order valence-corrected chi connectivity index (χ2v) is 8.03. The van der Waals surface area contributed by atoms with Crippen molar-refractivity contribution in [1.29, 1.82) is 0 Å². The van der Waals surface area contributed by atoms with Gasteiger partial charge in [-0.1, -0.05) is 74.0 Å². The lowest BCUT2D eigenvalue weighted by molar-refractivity contribution is -0.139. The lowest BCUT2D eigenvalue weighted by atomic mass is 10.1. The third-order valence-corrected chi connectivity index (χ3v) is 6.75. The largest absolute Gasteiger partial charge is 0.481 e. The first-order valence-corrected chi connectivity index (χ1v) is 8.57. The molecule has 110 valence electrons. The highest BCUT2D eigenvalue weighted by atomic mass is 31.1. The van der Waals surface area contributed by atoms with Crippen LogP contribution in [0, 0.1) is 0 Å². The van der Waals surface area contributed by atoms with Crippen molar-refractivity contribution in [2.24, 2.45) is 0 Å². The summed E-state index contributed by atoms with van der Waals surface area (Å²) in [6.07, 6.45) is 1.54. The number of carbonyl (C=O) groups is 1. The van der Waals surface area contributed by atoms with Crippen molar-refractivity contribution in [2.45, 2.75) is 31.8 Å². The maximum Gasteiger partial charge on any atom is 0.314 e. The lowest BCUT2D eigenvalue weighted by Gasteiger charge is -2.35. The maximum absolute atomic E-state index is 12.0. The molecule has 0 bridgehead atoms. The minimum absolute atomic E-state index is 0.678. The monoisotopic (exact) mass is 300 g/mol. The minimum Gasteiger partial charge on any atom is -0.481 e. The van der Waals surface area contributed by atoms with Crippen LogP contribution < -0.4 is 10.6 Å². The van der Waals surface area contributed by atoms with Gasteiger partial charge in [0.05, 0.1) is 5.16 Å². The van der Waals surface area contributed by atoms with Gasteiger partial charge in [-0.25, -0.2) is 0 Å². The Morgan fingerprint density at radius 2 is 1.43 bits per heavy atom. The number of rotatable bonds is 6. The van der Waals surface area contributed by atoms with E-state index in [9.17, 15) is 9.90 Å². The zero-order chi connectivity index (χ0) is 15.3. The van der Waals surface area contributed by atoms with Crippen LogP contribution in [0.3, 0.4) is 0 Å². The van der Waals surface area contributed by atoms with Gasteiger partial charge in [-0.15, -0.1) is 0 Å². The highest BCUT2D eigenvalue weighted by Gasteiger charge is 2.42. The molecule has 2 rings (SSSR count). The fourth-order valence-electron chi connectivity index (χ4n) is 2.67. The highest BCUT2D eigenvalue weighted by Crippen LogP contribution is 2.50. The van der Waals surface area contributed by atoms with Crippen LogP contribution in [0.4, 0.5) is 0 Å². The van der Waals surface area contributed by atoms with Crippen molar-refractivity contribution < 1.29 is 9.90 Å². The van der Waals surface area contributed by atoms with Crippen molar-refractivity contribution in [3.05, 3.63) is 60.7 Å². The fourth-order valence-corrected chi connectivity index (χ4v) is 5.69. The topological polar surface area (TPSA) is 37.3 Å². The molecule has 0 aliphatic carbocycles. The second-order valence-electron chi connectivity index (χ2n) is 5.34. The van der Waals surface area contributed by atoms with Gasteiger partial charge in [0.15, 0.2) is 0 Å². The minimum atomic E-state index is -0.941. The molecule has 0 aliphatic heterocycles. The summed E-state index contributed by atoms with van der Waals surface area (Å²) in [6, 6.07) is 20.1. The Balaban J connectivity index is 2.58. The van der Waals surface area contributed by atoms with Crippen LogP contribution in [0.15, 0.2) is 60.7 Å². The van der Waals surface area contributed by atoms with E-state index in [4.69, 9.17) is 0 Å². The zero-order valence-corrected chi connectivity index (χ0v) is 13.4. The summed E-state index contributed by atoms with van der Waals surface area (Å²) >= 11 is 0. The van der Waals surface area contributed by atoms with Crippen molar-refractivity contribution in [3.8, 4) is 0 Å². The normalized spacial score (nSPS) is 13.9. The van der Waals surface area contributed by atoms with Gasteiger partial charge in [-0.05, 0) is 31.9 Å². The zero-order valence-electron chi connectivity index (χ0n) is 12.5. The van der Waals surface area contributed by atoms with E-state index in [-0.39, 0.29) is 0 Å². The van der Waals surface area contributed by atoms with Gasteiger partial charge in [0.25, 0.3) is 0 Å². The summed E-state index contributed by atoms with van der Waals surface area (Å²) in [5.74, 6) is -0.705. The van der Waals surface area contributed by atoms with Gasteiger partial charge in [0, 0.05) is 0 Å². The molecule has 0 radical (unpaired) electrons. The molecule has 1 unspecified atom stereocenters. The van der Waals surface area contributed by atoms with Crippen molar-refractivity contribution >= 4 is 24.5 Å². The molecule has 0 spiro atoms. The molecule has 0 saturated heterocycles. The number of carboxylic acid groups (broad SMARTS) is 1. The number of carboxylic acids is 1. The predicted octanol–water partition coefficient (Wildman–Crippen LogP) is 3.76. The Hall–Kier alpha value is -1.66. The molecule has 3 heteroatoms. The van der Waals surface area contributed by atoms with Crippen molar-refractivity contribution in [2.75, 3.05) is 0 Å². The molecular formula is C18H21O2P. The van der Waals surface area contributed by atoms with Gasteiger partial charge < -0.3 is 5.11 Å². The van der Waals surface area contributed by atoms with E-state index >= 15 is 0 Å². The van der Waals surface area contributed by atoms with E-state index in [0.717, 1.165) is 17.0 Å². The molecule has 0 amide bonds. The Morgan fingerprint density at radius 1 is 1.00 bits per heavy atom. The summed E-state index contributed by atoms with van der Waals surface area (Å²) in [6.45, 7) is 3.94. The van der Waals surface area contributed by atoms with Gasteiger partial charge in [-0.3, -0.25) is 4.79 Å². The van der Waals surface area contributed by atoms with E-state index in [2.05, 4.69) is 24.3 Å². The van der Waals surface area contributed by atoms with Crippen LogP contribution in [-0.2, 0) is 4.79 Å². The molecule has 0 saturated carbocycles. The molecule has 2 aromatic carbocycles. The third kappa shape index (κ3) is 3.33. The summed E-state index contributed by atoms with van der Waals surface area (Å²) in [5, 5.41) is 11.4. The molecule has 0 aromatic heterocycles. The van der Waals surface area contributed by atoms with E-state index in [1.54, 1.807) is 0 Å². The van der Waals surface area contributed by atoms with E-state index in [0.29, 0.717) is 6.42 Å². The number of hydrogen-bond acceptors (Lipinski definition) is 1. The Labute approximate surface area is 127 Å². The van der Waals surface area contributed by atoms with Gasteiger partial charge in [0.1, 0.15) is 0 Å². The van der Waals surface area contributed by atoms with Crippen LogP contribution in [0.2, 0.25) is 0 Å². The SMILES string of the molecule is CCCC(C)(C(=O)O)P(c1ccccc1)c1ccccc1. The number of benzene rings is 2. The lowest BCUT2D eigenvalue weighted by Crippen LogP contribution is -2.39. The second kappa shape index (κ2) is 6.87. The average molecular weight is 300 g/mol. The van der Waals surface area contributed by atoms with Crippen LogP contribution in [-0.4, -0.2) is 16.2 Å². The molecule has 0 heterocycles. The molecule has 2 nitrogen and oxygen atoms in total. The molecule has 1 atom stereocenters. The summed E-state index contributed by atoms with van der Waals surface area (Å²) in [4.78, 5) is 12.0. The fraction of sp³-hybridized carbons (Fsp3) is 0.278. The molecule has 0 fully saturated rings. The molecule has 1 N–H and O–H groups in total. The van der Waals surface area contributed by atoms with Crippen molar-refractivity contribution in [1.82, 2.24) is 0 Å². The smallest absolute Gasteiger partial charge is 0.314 e. The van der Waals surface area contributed by atoms with Crippen LogP contribution in [0.1, 0.15) is 26.7 Å². The summed E-state index contributed by atoms with van der Waals surface area (Å²) in [7, 11) is -0.941. The third-order valence-electron chi connectivity index (χ3n) is 3.72. The Morgan fingerprint density at radius 3 is 1.76 bits per heavy atom. The van der Waals surface area contributed by atoms with E-state index in [1.165, 1.54) is 0 Å². The number of aliphatic carboxylic acids is 1. The predicted molar refractivity (Wildman–Crippen MR) is 90.0 cm³/mol. The first-order chi connectivity index (χ1) is 10.1. The summed E-state index contributed by atoms with van der Waals surface area (Å²) in [5.41, 5.74) is 0. The van der Waals surface area contributed by atoms with Gasteiger partial charge in [0.2, 0.25) is 0 Å².